The minimum Gasteiger partial charge on any atom is -0.481 e. The van der Waals surface area contributed by atoms with Crippen LogP contribution in [-0.2, 0) is 17.8 Å². The van der Waals surface area contributed by atoms with Crippen LogP contribution in [0.4, 0.5) is 5.69 Å². The summed E-state index contributed by atoms with van der Waals surface area (Å²) in [7, 11) is 0. The van der Waals surface area contributed by atoms with Crippen molar-refractivity contribution >= 4 is 11.7 Å². The van der Waals surface area contributed by atoms with Gasteiger partial charge in [-0.25, -0.2) is 0 Å². The molecule has 0 saturated heterocycles. The second-order valence-corrected chi connectivity index (χ2v) is 4.56. The highest BCUT2D eigenvalue weighted by Crippen LogP contribution is 2.18. The third-order valence-corrected chi connectivity index (χ3v) is 2.97. The van der Waals surface area contributed by atoms with E-state index < -0.39 is 5.97 Å². The Balaban J connectivity index is 2.03. The van der Waals surface area contributed by atoms with E-state index in [1.165, 1.54) is 5.56 Å². The molecule has 0 spiro atoms. The maximum atomic E-state index is 10.7. The first-order valence-corrected chi connectivity index (χ1v) is 6.24. The van der Waals surface area contributed by atoms with Gasteiger partial charge in [-0.15, -0.1) is 0 Å². The number of nitrogens with one attached hydrogen (secondary N) is 1. The Morgan fingerprint density at radius 1 is 1.11 bits per heavy atom. The first-order valence-electron chi connectivity index (χ1n) is 6.24. The summed E-state index contributed by atoms with van der Waals surface area (Å²) in [5, 5.41) is 12.1. The van der Waals surface area contributed by atoms with Gasteiger partial charge in [0.25, 0.3) is 0 Å². The van der Waals surface area contributed by atoms with E-state index in [1.54, 1.807) is 0 Å². The summed E-state index contributed by atoms with van der Waals surface area (Å²) < 4.78 is 0. The number of aryl methyl sites for hydroxylation is 1. The van der Waals surface area contributed by atoms with Crippen LogP contribution in [-0.4, -0.2) is 11.1 Å². The van der Waals surface area contributed by atoms with E-state index in [0.717, 1.165) is 23.4 Å². The van der Waals surface area contributed by atoms with Crippen LogP contribution in [0.1, 0.15) is 16.7 Å². The zero-order valence-corrected chi connectivity index (χ0v) is 10.9. The number of aliphatic carboxylic acids is 1. The number of hydrogen-bond acceptors (Lipinski definition) is 2. The van der Waals surface area contributed by atoms with Crippen molar-refractivity contribution in [1.82, 2.24) is 0 Å². The summed E-state index contributed by atoms with van der Waals surface area (Å²) in [6.45, 7) is 2.75. The van der Waals surface area contributed by atoms with E-state index >= 15 is 0 Å². The van der Waals surface area contributed by atoms with E-state index in [2.05, 4.69) is 17.4 Å². The molecule has 2 aromatic carbocycles. The molecule has 2 aromatic rings. The van der Waals surface area contributed by atoms with Crippen molar-refractivity contribution in [2.24, 2.45) is 0 Å². The molecule has 0 fully saturated rings. The van der Waals surface area contributed by atoms with Crippen molar-refractivity contribution in [2.45, 2.75) is 19.9 Å². The fourth-order valence-corrected chi connectivity index (χ4v) is 2.00. The lowest BCUT2D eigenvalue weighted by Crippen LogP contribution is -2.03. The number of rotatable bonds is 5. The van der Waals surface area contributed by atoms with E-state index in [0.29, 0.717) is 0 Å². The lowest BCUT2D eigenvalue weighted by Gasteiger charge is -2.11. The predicted octanol–water partition coefficient (Wildman–Crippen LogP) is 3.23. The van der Waals surface area contributed by atoms with Crippen LogP contribution in [0.15, 0.2) is 48.5 Å². The predicted molar refractivity (Wildman–Crippen MR) is 76.3 cm³/mol. The maximum Gasteiger partial charge on any atom is 0.307 e. The SMILES string of the molecule is Cc1cc(CC(=O)O)ccc1NCc1ccccc1. The Bertz CT molecular complexity index is 564. The van der Waals surface area contributed by atoms with Crippen LogP contribution < -0.4 is 5.32 Å². The average Bonchev–Trinajstić information content (AvgIpc) is 2.38. The van der Waals surface area contributed by atoms with Gasteiger partial charge < -0.3 is 10.4 Å². The standard InChI is InChI=1S/C16H17NO2/c1-12-9-14(10-16(18)19)7-8-15(12)17-11-13-5-3-2-4-6-13/h2-9,17H,10-11H2,1H3,(H,18,19). The van der Waals surface area contributed by atoms with Crippen molar-refractivity contribution in [3.05, 3.63) is 65.2 Å². The highest BCUT2D eigenvalue weighted by molar-refractivity contribution is 5.70. The van der Waals surface area contributed by atoms with E-state index in [-0.39, 0.29) is 6.42 Å². The highest BCUT2D eigenvalue weighted by atomic mass is 16.4. The zero-order valence-electron chi connectivity index (χ0n) is 10.9. The van der Waals surface area contributed by atoms with Gasteiger partial charge >= 0.3 is 5.97 Å². The molecule has 3 heteroatoms. The summed E-state index contributed by atoms with van der Waals surface area (Å²) in [6, 6.07) is 15.9. The molecule has 3 nitrogen and oxygen atoms in total. The summed E-state index contributed by atoms with van der Waals surface area (Å²) in [6.07, 6.45) is 0.0693. The fourth-order valence-electron chi connectivity index (χ4n) is 2.00. The molecule has 0 bridgehead atoms. The van der Waals surface area contributed by atoms with Crippen molar-refractivity contribution in [3.63, 3.8) is 0 Å². The smallest absolute Gasteiger partial charge is 0.307 e. The third-order valence-electron chi connectivity index (χ3n) is 2.97. The summed E-state index contributed by atoms with van der Waals surface area (Å²) >= 11 is 0. The number of hydrogen-bond donors (Lipinski definition) is 2. The van der Waals surface area contributed by atoms with Gasteiger partial charge in [-0.2, -0.15) is 0 Å². The Labute approximate surface area is 112 Å². The normalized spacial score (nSPS) is 10.2. The third kappa shape index (κ3) is 3.85. The first kappa shape index (κ1) is 13.1. The topological polar surface area (TPSA) is 49.3 Å². The number of anilines is 1. The molecule has 0 unspecified atom stereocenters. The maximum absolute atomic E-state index is 10.7. The summed E-state index contributed by atoms with van der Waals surface area (Å²) in [5.74, 6) is -0.801. The fraction of sp³-hybridized carbons (Fsp3) is 0.188. The Morgan fingerprint density at radius 2 is 1.84 bits per heavy atom. The number of carboxylic acids is 1. The largest absolute Gasteiger partial charge is 0.481 e. The molecule has 98 valence electrons. The second kappa shape index (κ2) is 6.05. The summed E-state index contributed by atoms with van der Waals surface area (Å²) in [4.78, 5) is 10.7. The zero-order chi connectivity index (χ0) is 13.7. The highest BCUT2D eigenvalue weighted by Gasteiger charge is 2.03. The van der Waals surface area contributed by atoms with Crippen molar-refractivity contribution in [3.8, 4) is 0 Å². The Morgan fingerprint density at radius 3 is 2.47 bits per heavy atom. The van der Waals surface area contributed by atoms with Crippen LogP contribution >= 0.6 is 0 Å². The minimum atomic E-state index is -0.801. The van der Waals surface area contributed by atoms with Crippen molar-refractivity contribution < 1.29 is 9.90 Å². The summed E-state index contributed by atoms with van der Waals surface area (Å²) in [5.41, 5.74) is 4.15. The van der Waals surface area contributed by atoms with Crippen LogP contribution in [0, 0.1) is 6.92 Å². The lowest BCUT2D eigenvalue weighted by molar-refractivity contribution is -0.136. The molecule has 2 rings (SSSR count). The lowest BCUT2D eigenvalue weighted by atomic mass is 10.1. The van der Waals surface area contributed by atoms with Crippen LogP contribution in [0.5, 0.6) is 0 Å². The molecule has 0 amide bonds. The molecular weight excluding hydrogens is 238 g/mol. The van der Waals surface area contributed by atoms with Gasteiger partial charge in [0.05, 0.1) is 6.42 Å². The Kier molecular flexibility index (Phi) is 4.18. The van der Waals surface area contributed by atoms with E-state index in [4.69, 9.17) is 5.11 Å². The average molecular weight is 255 g/mol. The molecule has 0 heterocycles. The monoisotopic (exact) mass is 255 g/mol. The molecular formula is C16H17NO2. The quantitative estimate of drug-likeness (QED) is 0.862. The Hall–Kier alpha value is -2.29. The molecule has 0 aromatic heterocycles. The van der Waals surface area contributed by atoms with Gasteiger partial charge in [-0.05, 0) is 29.7 Å². The molecule has 0 aliphatic carbocycles. The number of carbonyl (C=O) groups is 1. The molecule has 2 N–H and O–H groups in total. The first-order chi connectivity index (χ1) is 9.15. The van der Waals surface area contributed by atoms with Gasteiger partial charge in [0.15, 0.2) is 0 Å². The number of benzene rings is 2. The molecule has 0 saturated carbocycles. The minimum absolute atomic E-state index is 0.0693. The second-order valence-electron chi connectivity index (χ2n) is 4.56. The van der Waals surface area contributed by atoms with E-state index in [9.17, 15) is 4.79 Å². The van der Waals surface area contributed by atoms with Gasteiger partial charge in [-0.3, -0.25) is 4.79 Å². The van der Waals surface area contributed by atoms with Crippen LogP contribution in [0.2, 0.25) is 0 Å². The number of carboxylic acid groups (broad SMARTS) is 1. The molecule has 0 aliphatic rings. The molecule has 0 atom stereocenters. The van der Waals surface area contributed by atoms with E-state index in [1.807, 2.05) is 43.3 Å². The van der Waals surface area contributed by atoms with Gasteiger partial charge in [0.1, 0.15) is 0 Å². The molecule has 0 aliphatic heterocycles. The van der Waals surface area contributed by atoms with Gasteiger partial charge in [0, 0.05) is 12.2 Å². The van der Waals surface area contributed by atoms with Crippen LogP contribution in [0.3, 0.4) is 0 Å². The van der Waals surface area contributed by atoms with Crippen molar-refractivity contribution in [2.75, 3.05) is 5.32 Å². The molecule has 0 radical (unpaired) electrons. The van der Waals surface area contributed by atoms with Gasteiger partial charge in [-0.1, -0.05) is 42.5 Å². The molecule has 19 heavy (non-hydrogen) atoms. The van der Waals surface area contributed by atoms with Crippen LogP contribution in [0.25, 0.3) is 0 Å². The van der Waals surface area contributed by atoms with Crippen molar-refractivity contribution in [1.29, 1.82) is 0 Å². The van der Waals surface area contributed by atoms with Gasteiger partial charge in [0.2, 0.25) is 0 Å².